The van der Waals surface area contributed by atoms with Crippen molar-refractivity contribution < 1.29 is 9.90 Å². The Balaban J connectivity index is 1.49. The molecular formula is C21H33N5O2. The summed E-state index contributed by atoms with van der Waals surface area (Å²) < 4.78 is 0. The molecule has 0 radical (unpaired) electrons. The molecule has 0 spiro atoms. The van der Waals surface area contributed by atoms with Crippen LogP contribution in [0, 0.1) is 0 Å². The fourth-order valence-corrected chi connectivity index (χ4v) is 4.35. The Labute approximate surface area is 167 Å². The molecule has 2 atom stereocenters. The number of fused-ring (bicyclic) bond motifs is 2. The smallest absolute Gasteiger partial charge is 0.255 e. The molecule has 3 rings (SSSR count). The maximum Gasteiger partial charge on any atom is 0.255 e. The number of para-hydroxylation sites is 1. The number of nitrogens with one attached hydrogen (secondary N) is 3. The van der Waals surface area contributed by atoms with Gasteiger partial charge in [-0.25, -0.2) is 0 Å². The number of piperidine rings is 2. The molecule has 2 heterocycles. The van der Waals surface area contributed by atoms with Crippen molar-refractivity contribution in [3.05, 3.63) is 29.8 Å². The zero-order valence-electron chi connectivity index (χ0n) is 16.9. The maximum atomic E-state index is 12.1. The topological polar surface area (TPSA) is 89.0 Å². The number of guanidine groups is 1. The quantitative estimate of drug-likeness (QED) is 0.339. The molecule has 28 heavy (non-hydrogen) atoms. The van der Waals surface area contributed by atoms with E-state index in [9.17, 15) is 9.90 Å². The number of nitrogens with zero attached hydrogens (tertiary/aromatic N) is 2. The Morgan fingerprint density at radius 1 is 1.21 bits per heavy atom. The molecule has 2 saturated heterocycles. The molecule has 0 aliphatic carbocycles. The highest BCUT2D eigenvalue weighted by Crippen LogP contribution is 2.32. The Morgan fingerprint density at radius 2 is 1.93 bits per heavy atom. The number of carbonyl (C=O) groups is 1. The van der Waals surface area contributed by atoms with Crippen LogP contribution in [-0.4, -0.2) is 66.7 Å². The van der Waals surface area contributed by atoms with Crippen LogP contribution in [0.4, 0.5) is 0 Å². The van der Waals surface area contributed by atoms with Crippen molar-refractivity contribution in [2.24, 2.45) is 4.99 Å². The summed E-state index contributed by atoms with van der Waals surface area (Å²) in [5, 5.41) is 19.5. The van der Waals surface area contributed by atoms with Gasteiger partial charge < -0.3 is 26.0 Å². The molecule has 1 aromatic rings. The third-order valence-electron chi connectivity index (χ3n) is 5.84. The molecule has 2 bridgehead atoms. The highest BCUT2D eigenvalue weighted by molar-refractivity contribution is 5.96. The third-order valence-corrected chi connectivity index (χ3v) is 5.84. The highest BCUT2D eigenvalue weighted by atomic mass is 16.3. The molecule has 1 aromatic carbocycles. The largest absolute Gasteiger partial charge is 0.507 e. The van der Waals surface area contributed by atoms with Gasteiger partial charge in [-0.2, -0.15) is 0 Å². The minimum Gasteiger partial charge on any atom is -0.507 e. The van der Waals surface area contributed by atoms with Crippen LogP contribution in [0.5, 0.6) is 5.75 Å². The van der Waals surface area contributed by atoms with E-state index in [1.165, 1.54) is 25.3 Å². The Kier molecular flexibility index (Phi) is 7.14. The van der Waals surface area contributed by atoms with Crippen LogP contribution in [0.2, 0.25) is 0 Å². The summed E-state index contributed by atoms with van der Waals surface area (Å²) >= 11 is 0. The van der Waals surface area contributed by atoms with E-state index in [1.807, 2.05) is 0 Å². The van der Waals surface area contributed by atoms with Gasteiger partial charge in [0.15, 0.2) is 5.96 Å². The number of hydrogen-bond donors (Lipinski definition) is 4. The lowest BCUT2D eigenvalue weighted by atomic mass is 9.82. The number of aliphatic imine (C=N–C) groups is 1. The van der Waals surface area contributed by atoms with Crippen molar-refractivity contribution in [3.8, 4) is 5.75 Å². The van der Waals surface area contributed by atoms with Crippen LogP contribution in [0.15, 0.2) is 29.3 Å². The Morgan fingerprint density at radius 3 is 2.61 bits per heavy atom. The number of carbonyl (C=O) groups excluding carboxylic acids is 1. The van der Waals surface area contributed by atoms with Crippen LogP contribution in [0.25, 0.3) is 0 Å². The molecule has 154 valence electrons. The summed E-state index contributed by atoms with van der Waals surface area (Å²) in [6.45, 7) is 3.76. The minimum absolute atomic E-state index is 0.00804. The van der Waals surface area contributed by atoms with Crippen molar-refractivity contribution in [1.82, 2.24) is 20.9 Å². The first-order chi connectivity index (χ1) is 13.6. The van der Waals surface area contributed by atoms with Crippen molar-refractivity contribution in [1.29, 1.82) is 0 Å². The number of benzene rings is 1. The summed E-state index contributed by atoms with van der Waals surface area (Å²) in [5.74, 6) is 0.521. The summed E-state index contributed by atoms with van der Waals surface area (Å²) in [6, 6.07) is 8.34. The number of aromatic hydroxyl groups is 1. The first-order valence-corrected chi connectivity index (χ1v) is 10.4. The SMILES string of the molecule is CCNC(=NCCNC(=O)c1ccccc1O)NC1CC2CCCC(C1)N2C. The van der Waals surface area contributed by atoms with Gasteiger partial charge in [-0.05, 0) is 51.8 Å². The van der Waals surface area contributed by atoms with Gasteiger partial charge in [-0.3, -0.25) is 9.79 Å². The second kappa shape index (κ2) is 9.78. The van der Waals surface area contributed by atoms with Crippen LogP contribution >= 0.6 is 0 Å². The summed E-state index contributed by atoms with van der Waals surface area (Å²) in [4.78, 5) is 19.3. The van der Waals surface area contributed by atoms with Gasteiger partial charge in [-0.15, -0.1) is 0 Å². The fraction of sp³-hybridized carbons (Fsp3) is 0.619. The molecule has 0 saturated carbocycles. The van der Waals surface area contributed by atoms with Crippen molar-refractivity contribution >= 4 is 11.9 Å². The zero-order valence-corrected chi connectivity index (χ0v) is 16.9. The molecular weight excluding hydrogens is 354 g/mol. The van der Waals surface area contributed by atoms with Gasteiger partial charge in [-0.1, -0.05) is 18.6 Å². The van der Waals surface area contributed by atoms with Gasteiger partial charge in [0, 0.05) is 31.2 Å². The molecule has 0 aromatic heterocycles. The molecule has 2 unspecified atom stereocenters. The van der Waals surface area contributed by atoms with E-state index in [-0.39, 0.29) is 17.2 Å². The van der Waals surface area contributed by atoms with Crippen LogP contribution in [0.1, 0.15) is 49.4 Å². The van der Waals surface area contributed by atoms with Gasteiger partial charge in [0.1, 0.15) is 5.75 Å². The lowest BCUT2D eigenvalue weighted by Gasteiger charge is -2.47. The average Bonchev–Trinajstić information content (AvgIpc) is 2.66. The van der Waals surface area contributed by atoms with Gasteiger partial charge in [0.2, 0.25) is 0 Å². The molecule has 4 N–H and O–H groups in total. The number of phenols is 1. The zero-order chi connectivity index (χ0) is 19.9. The summed E-state index contributed by atoms with van der Waals surface area (Å²) in [7, 11) is 2.26. The second-order valence-electron chi connectivity index (χ2n) is 7.75. The molecule has 2 aliphatic heterocycles. The fourth-order valence-electron chi connectivity index (χ4n) is 4.35. The highest BCUT2D eigenvalue weighted by Gasteiger charge is 2.36. The number of phenolic OH excluding ortho intramolecular Hbond substituents is 1. The average molecular weight is 388 g/mol. The number of amides is 1. The van der Waals surface area contributed by atoms with Crippen molar-refractivity contribution in [2.45, 2.75) is 57.2 Å². The number of rotatable bonds is 6. The first kappa shape index (κ1) is 20.5. The van der Waals surface area contributed by atoms with E-state index in [2.05, 4.69) is 39.8 Å². The monoisotopic (exact) mass is 387 g/mol. The second-order valence-corrected chi connectivity index (χ2v) is 7.75. The van der Waals surface area contributed by atoms with E-state index in [0.717, 1.165) is 25.3 Å². The molecule has 2 aliphatic rings. The third kappa shape index (κ3) is 5.16. The summed E-state index contributed by atoms with van der Waals surface area (Å²) in [6.07, 6.45) is 6.23. The molecule has 2 fully saturated rings. The standard InChI is InChI=1S/C21H33N5O2/c1-3-22-21(25-15-13-16-7-6-8-17(14-15)26(16)2)24-12-11-23-20(28)18-9-4-5-10-19(18)27/h4-5,9-10,15-17,27H,3,6-8,11-14H2,1-2H3,(H,23,28)(H2,22,24,25). The van der Waals surface area contributed by atoms with Gasteiger partial charge in [0.05, 0.1) is 12.1 Å². The van der Waals surface area contributed by atoms with Gasteiger partial charge >= 0.3 is 0 Å². The van der Waals surface area contributed by atoms with Crippen LogP contribution in [-0.2, 0) is 0 Å². The lowest BCUT2D eigenvalue weighted by Crippen LogP contribution is -2.56. The first-order valence-electron chi connectivity index (χ1n) is 10.4. The van der Waals surface area contributed by atoms with E-state index in [1.54, 1.807) is 18.2 Å². The molecule has 7 nitrogen and oxygen atoms in total. The summed E-state index contributed by atoms with van der Waals surface area (Å²) in [5.41, 5.74) is 0.286. The van der Waals surface area contributed by atoms with E-state index >= 15 is 0 Å². The normalized spacial score (nSPS) is 25.2. The van der Waals surface area contributed by atoms with Gasteiger partial charge in [0.25, 0.3) is 5.91 Å². The van der Waals surface area contributed by atoms with Crippen LogP contribution in [0.3, 0.4) is 0 Å². The minimum atomic E-state index is -0.283. The Hall–Kier alpha value is -2.28. The molecule has 7 heteroatoms. The van der Waals surface area contributed by atoms with Crippen LogP contribution < -0.4 is 16.0 Å². The van der Waals surface area contributed by atoms with Crippen molar-refractivity contribution in [3.63, 3.8) is 0 Å². The predicted molar refractivity (Wildman–Crippen MR) is 112 cm³/mol. The predicted octanol–water partition coefficient (Wildman–Crippen LogP) is 1.69. The van der Waals surface area contributed by atoms with Crippen molar-refractivity contribution in [2.75, 3.05) is 26.7 Å². The number of hydrogen-bond acceptors (Lipinski definition) is 4. The maximum absolute atomic E-state index is 12.1. The Bertz CT molecular complexity index is 679. The van der Waals surface area contributed by atoms with E-state index < -0.39 is 0 Å². The lowest BCUT2D eigenvalue weighted by molar-refractivity contribution is 0.0526. The molecule has 1 amide bonds. The van der Waals surface area contributed by atoms with E-state index in [0.29, 0.717) is 31.2 Å². The van der Waals surface area contributed by atoms with E-state index in [4.69, 9.17) is 0 Å².